The average Bonchev–Trinajstić information content (AvgIpc) is 2.55. The average molecular weight is 308 g/mol. The minimum Gasteiger partial charge on any atom is -0.492 e. The largest absolute Gasteiger partial charge is 0.492 e. The second kappa shape index (κ2) is 12.2. The Hall–Kier alpha value is -1.39. The number of rotatable bonds is 7. The van der Waals surface area contributed by atoms with Crippen molar-refractivity contribution in [3.05, 3.63) is 36.1 Å². The SMILES string of the molecule is C=C/C(C)=C\C(=C/C)OCC(N)CN1CCC(=O)CC1.CC. The molecule has 1 aliphatic rings. The summed E-state index contributed by atoms with van der Waals surface area (Å²) in [5.41, 5.74) is 7.14. The van der Waals surface area contributed by atoms with Crippen molar-refractivity contribution in [3.63, 3.8) is 0 Å². The Morgan fingerprint density at radius 2 is 2.00 bits per heavy atom. The zero-order valence-corrected chi connectivity index (χ0v) is 14.6. The molecule has 0 aliphatic carbocycles. The first-order chi connectivity index (χ1) is 10.5. The Bertz CT molecular complexity index is 390. The molecule has 0 aromatic heterocycles. The lowest BCUT2D eigenvalue weighted by Crippen LogP contribution is -2.44. The normalized spacial score (nSPS) is 18.3. The van der Waals surface area contributed by atoms with Crippen molar-refractivity contribution in [3.8, 4) is 0 Å². The van der Waals surface area contributed by atoms with Crippen LogP contribution in [0.3, 0.4) is 0 Å². The van der Waals surface area contributed by atoms with E-state index in [2.05, 4.69) is 11.5 Å². The molecule has 0 spiro atoms. The van der Waals surface area contributed by atoms with Gasteiger partial charge in [0.25, 0.3) is 0 Å². The van der Waals surface area contributed by atoms with Gasteiger partial charge in [-0.15, -0.1) is 0 Å². The molecule has 2 N–H and O–H groups in total. The van der Waals surface area contributed by atoms with Crippen LogP contribution in [0.15, 0.2) is 36.1 Å². The molecule has 0 aromatic rings. The molecule has 0 amide bonds. The number of allylic oxidation sites excluding steroid dienone is 4. The number of Topliss-reactive ketones (excluding diaryl/α,β-unsaturated/α-hetero) is 1. The number of nitrogens with zero attached hydrogens (tertiary/aromatic N) is 1. The van der Waals surface area contributed by atoms with E-state index >= 15 is 0 Å². The van der Waals surface area contributed by atoms with E-state index < -0.39 is 0 Å². The standard InChI is InChI=1S/C16H26N2O2.C2H6/c1-4-13(3)10-16(5-2)20-12-14(17)11-18-8-6-15(19)7-9-18;1-2/h4-5,10,14H,1,6-9,11-12,17H2,2-3H3;1-2H3/b13-10-,16-5+;. The lowest BCUT2D eigenvalue weighted by atomic mass is 10.1. The zero-order chi connectivity index (χ0) is 17.0. The van der Waals surface area contributed by atoms with Crippen LogP contribution in [0.1, 0.15) is 40.5 Å². The van der Waals surface area contributed by atoms with E-state index in [1.807, 2.05) is 39.8 Å². The number of carbonyl (C=O) groups is 1. The molecule has 0 bridgehead atoms. The topological polar surface area (TPSA) is 55.6 Å². The molecule has 0 aromatic carbocycles. The van der Waals surface area contributed by atoms with Crippen LogP contribution in [-0.2, 0) is 9.53 Å². The maximum absolute atomic E-state index is 11.2. The summed E-state index contributed by atoms with van der Waals surface area (Å²) >= 11 is 0. The molecule has 1 aliphatic heterocycles. The van der Waals surface area contributed by atoms with Gasteiger partial charge in [0.05, 0.1) is 6.04 Å². The smallest absolute Gasteiger partial charge is 0.135 e. The molecule has 1 saturated heterocycles. The summed E-state index contributed by atoms with van der Waals surface area (Å²) in [4.78, 5) is 13.4. The number of nitrogens with two attached hydrogens (primary N) is 1. The summed E-state index contributed by atoms with van der Waals surface area (Å²) in [5, 5.41) is 0. The fraction of sp³-hybridized carbons (Fsp3) is 0.611. The third-order valence-corrected chi connectivity index (χ3v) is 3.35. The van der Waals surface area contributed by atoms with Crippen molar-refractivity contribution in [2.75, 3.05) is 26.2 Å². The number of ether oxygens (including phenoxy) is 1. The second-order valence-electron chi connectivity index (χ2n) is 5.19. The molecule has 22 heavy (non-hydrogen) atoms. The molecular formula is C18H32N2O2. The molecule has 4 nitrogen and oxygen atoms in total. The van der Waals surface area contributed by atoms with Gasteiger partial charge in [-0.25, -0.2) is 0 Å². The minimum atomic E-state index is -0.0458. The Balaban J connectivity index is 0.00000211. The molecular weight excluding hydrogens is 276 g/mol. The number of ketones is 1. The molecule has 0 radical (unpaired) electrons. The van der Waals surface area contributed by atoms with Crippen LogP contribution in [0.2, 0.25) is 0 Å². The first-order valence-electron chi connectivity index (χ1n) is 8.14. The number of hydrogen-bond donors (Lipinski definition) is 1. The first kappa shape index (κ1) is 20.6. The van der Waals surface area contributed by atoms with E-state index in [1.54, 1.807) is 6.08 Å². The Labute approximate surface area is 135 Å². The van der Waals surface area contributed by atoms with E-state index in [0.717, 1.165) is 31.0 Å². The van der Waals surface area contributed by atoms with Gasteiger partial charge in [-0.1, -0.05) is 26.5 Å². The Morgan fingerprint density at radius 3 is 2.50 bits per heavy atom. The maximum Gasteiger partial charge on any atom is 0.135 e. The second-order valence-corrected chi connectivity index (χ2v) is 5.19. The molecule has 1 atom stereocenters. The van der Waals surface area contributed by atoms with Crippen LogP contribution in [0.25, 0.3) is 0 Å². The maximum atomic E-state index is 11.2. The Morgan fingerprint density at radius 1 is 1.41 bits per heavy atom. The summed E-state index contributed by atoms with van der Waals surface area (Å²) in [6.45, 7) is 14.5. The van der Waals surface area contributed by atoms with E-state index in [-0.39, 0.29) is 6.04 Å². The van der Waals surface area contributed by atoms with Gasteiger partial charge in [-0.3, -0.25) is 4.79 Å². The van der Waals surface area contributed by atoms with E-state index in [9.17, 15) is 4.79 Å². The number of likely N-dealkylation sites (tertiary alicyclic amines) is 1. The van der Waals surface area contributed by atoms with Crippen molar-refractivity contribution >= 4 is 5.78 Å². The van der Waals surface area contributed by atoms with Crippen LogP contribution < -0.4 is 5.73 Å². The zero-order valence-electron chi connectivity index (χ0n) is 14.6. The van der Waals surface area contributed by atoms with E-state index in [4.69, 9.17) is 10.5 Å². The van der Waals surface area contributed by atoms with Gasteiger partial charge < -0.3 is 15.4 Å². The van der Waals surface area contributed by atoms with Crippen LogP contribution in [0, 0.1) is 0 Å². The van der Waals surface area contributed by atoms with Crippen molar-refractivity contribution in [1.29, 1.82) is 0 Å². The summed E-state index contributed by atoms with van der Waals surface area (Å²) in [6.07, 6.45) is 6.94. The highest BCUT2D eigenvalue weighted by Crippen LogP contribution is 2.08. The van der Waals surface area contributed by atoms with Gasteiger partial charge >= 0.3 is 0 Å². The summed E-state index contributed by atoms with van der Waals surface area (Å²) < 4.78 is 5.71. The molecule has 1 fully saturated rings. The van der Waals surface area contributed by atoms with Crippen molar-refractivity contribution in [2.45, 2.75) is 46.6 Å². The lowest BCUT2D eigenvalue weighted by molar-refractivity contribution is -0.121. The van der Waals surface area contributed by atoms with E-state index in [0.29, 0.717) is 25.2 Å². The van der Waals surface area contributed by atoms with Crippen molar-refractivity contribution < 1.29 is 9.53 Å². The highest BCUT2D eigenvalue weighted by molar-refractivity contribution is 5.79. The lowest BCUT2D eigenvalue weighted by Gasteiger charge is -2.28. The first-order valence-corrected chi connectivity index (χ1v) is 8.14. The summed E-state index contributed by atoms with van der Waals surface area (Å²) in [6, 6.07) is -0.0458. The fourth-order valence-electron chi connectivity index (χ4n) is 2.06. The summed E-state index contributed by atoms with van der Waals surface area (Å²) in [5.74, 6) is 1.17. The molecule has 1 heterocycles. The number of piperidine rings is 1. The van der Waals surface area contributed by atoms with Crippen molar-refractivity contribution in [1.82, 2.24) is 4.90 Å². The minimum absolute atomic E-state index is 0.0458. The predicted molar refractivity (Wildman–Crippen MR) is 93.7 cm³/mol. The van der Waals surface area contributed by atoms with Crippen molar-refractivity contribution in [2.24, 2.45) is 5.73 Å². The van der Waals surface area contributed by atoms with E-state index in [1.165, 1.54) is 0 Å². The number of carbonyl (C=O) groups excluding carboxylic acids is 1. The van der Waals surface area contributed by atoms with Gasteiger partial charge in [0.2, 0.25) is 0 Å². The molecule has 1 rings (SSSR count). The Kier molecular flexibility index (Phi) is 11.4. The number of hydrogen-bond acceptors (Lipinski definition) is 4. The molecule has 0 saturated carbocycles. The van der Waals surface area contributed by atoms with Crippen LogP contribution in [0.5, 0.6) is 0 Å². The van der Waals surface area contributed by atoms with Gasteiger partial charge in [-0.2, -0.15) is 0 Å². The highest BCUT2D eigenvalue weighted by atomic mass is 16.5. The quantitative estimate of drug-likeness (QED) is 0.580. The van der Waals surface area contributed by atoms with Gasteiger partial charge in [0, 0.05) is 32.5 Å². The third kappa shape index (κ3) is 8.80. The highest BCUT2D eigenvalue weighted by Gasteiger charge is 2.18. The van der Waals surface area contributed by atoms with Crippen LogP contribution in [-0.4, -0.2) is 43.0 Å². The van der Waals surface area contributed by atoms with Gasteiger partial charge in [0.1, 0.15) is 18.1 Å². The van der Waals surface area contributed by atoms with Crippen LogP contribution in [0.4, 0.5) is 0 Å². The third-order valence-electron chi connectivity index (χ3n) is 3.35. The molecule has 4 heteroatoms. The van der Waals surface area contributed by atoms with Gasteiger partial charge in [-0.05, 0) is 31.6 Å². The van der Waals surface area contributed by atoms with Gasteiger partial charge in [0.15, 0.2) is 0 Å². The summed E-state index contributed by atoms with van der Waals surface area (Å²) in [7, 11) is 0. The monoisotopic (exact) mass is 308 g/mol. The molecule has 1 unspecified atom stereocenters. The molecule has 126 valence electrons. The predicted octanol–water partition coefficient (Wildman–Crippen LogP) is 3.06. The van der Waals surface area contributed by atoms with Crippen LogP contribution >= 0.6 is 0 Å². The fourth-order valence-corrected chi connectivity index (χ4v) is 2.06.